The van der Waals surface area contributed by atoms with Gasteiger partial charge >= 0.3 is 0 Å². The molecule has 1 atom stereocenters. The van der Waals surface area contributed by atoms with Gasteiger partial charge in [-0.3, -0.25) is 0 Å². The molecule has 1 unspecified atom stereocenters. The van der Waals surface area contributed by atoms with Crippen molar-refractivity contribution in [3.63, 3.8) is 0 Å². The Hall–Kier alpha value is -0.930. The van der Waals surface area contributed by atoms with Crippen LogP contribution in [0.25, 0.3) is 0 Å². The zero-order valence-electron chi connectivity index (χ0n) is 9.04. The molecule has 0 aliphatic carbocycles. The molecule has 3 nitrogen and oxygen atoms in total. The molecule has 0 aromatic heterocycles. The minimum atomic E-state index is -0.169. The summed E-state index contributed by atoms with van der Waals surface area (Å²) in [4.78, 5) is 0. The van der Waals surface area contributed by atoms with Crippen LogP contribution in [0.15, 0.2) is 6.07 Å². The number of methoxy groups -OCH3 is 1. The molecule has 1 aromatic carbocycles. The summed E-state index contributed by atoms with van der Waals surface area (Å²) in [5, 5.41) is 19.5. The van der Waals surface area contributed by atoms with Gasteiger partial charge in [0.2, 0.25) is 0 Å². The molecular weight excluding hydrogens is 216 g/mol. The van der Waals surface area contributed by atoms with Crippen LogP contribution in [0.4, 0.5) is 0 Å². The third-order valence-corrected chi connectivity index (χ3v) is 2.87. The monoisotopic (exact) mass is 230 g/mol. The van der Waals surface area contributed by atoms with Gasteiger partial charge in [-0.15, -0.1) is 0 Å². The summed E-state index contributed by atoms with van der Waals surface area (Å²) >= 11 is 6.00. The van der Waals surface area contributed by atoms with Gasteiger partial charge in [-0.1, -0.05) is 18.5 Å². The summed E-state index contributed by atoms with van der Waals surface area (Å²) in [6.45, 7) is 3.53. The van der Waals surface area contributed by atoms with Gasteiger partial charge in [0.15, 0.2) is 11.5 Å². The molecule has 0 saturated carbocycles. The zero-order valence-corrected chi connectivity index (χ0v) is 9.80. The van der Waals surface area contributed by atoms with Crippen molar-refractivity contribution >= 4 is 11.6 Å². The first-order valence-electron chi connectivity index (χ1n) is 4.69. The Balaban J connectivity index is 3.36. The Morgan fingerprint density at radius 3 is 2.60 bits per heavy atom. The fraction of sp³-hybridized carbons (Fsp3) is 0.455. The fourth-order valence-corrected chi connectivity index (χ4v) is 1.66. The van der Waals surface area contributed by atoms with Gasteiger partial charge in [-0.25, -0.2) is 0 Å². The lowest BCUT2D eigenvalue weighted by atomic mass is 9.98. The van der Waals surface area contributed by atoms with E-state index < -0.39 is 0 Å². The zero-order chi connectivity index (χ0) is 11.6. The van der Waals surface area contributed by atoms with Crippen LogP contribution in [-0.2, 0) is 0 Å². The van der Waals surface area contributed by atoms with E-state index in [2.05, 4.69) is 0 Å². The summed E-state index contributed by atoms with van der Waals surface area (Å²) < 4.78 is 5.08. The first-order valence-corrected chi connectivity index (χ1v) is 5.07. The average Bonchev–Trinajstić information content (AvgIpc) is 2.23. The predicted molar refractivity (Wildman–Crippen MR) is 59.9 cm³/mol. The quantitative estimate of drug-likeness (QED) is 0.839. The highest BCUT2D eigenvalue weighted by Crippen LogP contribution is 2.40. The maximum absolute atomic E-state index is 9.90. The molecule has 0 aliphatic heterocycles. The number of aliphatic hydroxyl groups is 1. The topological polar surface area (TPSA) is 49.7 Å². The molecule has 0 heterocycles. The van der Waals surface area contributed by atoms with E-state index >= 15 is 0 Å². The van der Waals surface area contributed by atoms with E-state index in [1.54, 1.807) is 19.9 Å². The molecular formula is C11H15ClO3. The highest BCUT2D eigenvalue weighted by atomic mass is 35.5. The smallest absolute Gasteiger partial charge is 0.165 e. The summed E-state index contributed by atoms with van der Waals surface area (Å²) in [5.41, 5.74) is 1.30. The van der Waals surface area contributed by atoms with Crippen molar-refractivity contribution < 1.29 is 14.9 Å². The van der Waals surface area contributed by atoms with E-state index in [9.17, 15) is 5.11 Å². The van der Waals surface area contributed by atoms with Crippen LogP contribution in [-0.4, -0.2) is 23.9 Å². The summed E-state index contributed by atoms with van der Waals surface area (Å²) in [5.74, 6) is 0.260. The standard InChI is InChI=1S/C11H15ClO3/c1-6(5-13)8-4-9(12)7(2)11(15-3)10(8)14/h4,6,13-14H,5H2,1-3H3. The minimum absolute atomic E-state index is 0.0455. The SMILES string of the molecule is COc1c(C)c(Cl)cc(C(C)CO)c1O. The molecule has 4 heteroatoms. The van der Waals surface area contributed by atoms with Gasteiger partial charge in [0, 0.05) is 28.7 Å². The fourth-order valence-electron chi connectivity index (χ4n) is 1.45. The summed E-state index contributed by atoms with van der Waals surface area (Å²) in [6, 6.07) is 1.66. The predicted octanol–water partition coefficient (Wildman–Crippen LogP) is 2.46. The van der Waals surface area contributed by atoms with Crippen molar-refractivity contribution in [1.82, 2.24) is 0 Å². The lowest BCUT2D eigenvalue weighted by molar-refractivity contribution is 0.269. The van der Waals surface area contributed by atoms with E-state index in [0.29, 0.717) is 21.9 Å². The van der Waals surface area contributed by atoms with Crippen molar-refractivity contribution in [1.29, 1.82) is 0 Å². The molecule has 15 heavy (non-hydrogen) atoms. The van der Waals surface area contributed by atoms with Crippen molar-refractivity contribution in [3.8, 4) is 11.5 Å². The van der Waals surface area contributed by atoms with Crippen LogP contribution in [0.1, 0.15) is 24.0 Å². The second-order valence-corrected chi connectivity index (χ2v) is 3.95. The van der Waals surface area contributed by atoms with Crippen LogP contribution >= 0.6 is 11.6 Å². The molecule has 0 aliphatic rings. The Bertz CT molecular complexity index is 363. The van der Waals surface area contributed by atoms with Crippen molar-refractivity contribution in [2.24, 2.45) is 0 Å². The molecule has 1 rings (SSSR count). The van der Waals surface area contributed by atoms with E-state index in [4.69, 9.17) is 21.4 Å². The second-order valence-electron chi connectivity index (χ2n) is 3.54. The van der Waals surface area contributed by atoms with Gasteiger partial charge in [0.05, 0.1) is 7.11 Å². The number of phenols is 1. The number of halogens is 1. The number of aromatic hydroxyl groups is 1. The van der Waals surface area contributed by atoms with Crippen LogP contribution < -0.4 is 4.74 Å². The van der Waals surface area contributed by atoms with Crippen LogP contribution in [0.3, 0.4) is 0 Å². The number of rotatable bonds is 3. The molecule has 0 fully saturated rings. The third-order valence-electron chi connectivity index (χ3n) is 2.48. The molecule has 1 aromatic rings. The number of hydrogen-bond acceptors (Lipinski definition) is 3. The summed E-state index contributed by atoms with van der Waals surface area (Å²) in [6.07, 6.45) is 0. The van der Waals surface area contributed by atoms with E-state index in [1.165, 1.54) is 7.11 Å². The van der Waals surface area contributed by atoms with Crippen molar-refractivity contribution in [3.05, 3.63) is 22.2 Å². The van der Waals surface area contributed by atoms with Crippen molar-refractivity contribution in [2.45, 2.75) is 19.8 Å². The van der Waals surface area contributed by atoms with Gasteiger partial charge in [-0.2, -0.15) is 0 Å². The van der Waals surface area contributed by atoms with Gasteiger partial charge < -0.3 is 14.9 Å². The van der Waals surface area contributed by atoms with Crippen molar-refractivity contribution in [2.75, 3.05) is 13.7 Å². The molecule has 0 spiro atoms. The molecule has 84 valence electrons. The number of benzene rings is 1. The number of hydrogen-bond donors (Lipinski definition) is 2. The Morgan fingerprint density at radius 2 is 2.13 bits per heavy atom. The minimum Gasteiger partial charge on any atom is -0.504 e. The van der Waals surface area contributed by atoms with Gasteiger partial charge in [0.1, 0.15) is 0 Å². The average molecular weight is 231 g/mol. The van der Waals surface area contributed by atoms with E-state index in [-0.39, 0.29) is 18.3 Å². The van der Waals surface area contributed by atoms with E-state index in [1.807, 2.05) is 0 Å². The maximum atomic E-state index is 9.90. The Kier molecular flexibility index (Phi) is 3.83. The largest absolute Gasteiger partial charge is 0.504 e. The summed E-state index contributed by atoms with van der Waals surface area (Å²) in [7, 11) is 1.48. The lowest BCUT2D eigenvalue weighted by Crippen LogP contribution is -2.01. The van der Waals surface area contributed by atoms with Crippen LogP contribution in [0.2, 0.25) is 5.02 Å². The molecule has 0 saturated heterocycles. The highest BCUT2D eigenvalue weighted by molar-refractivity contribution is 6.31. The first-order chi connectivity index (χ1) is 7.02. The number of aliphatic hydroxyl groups excluding tert-OH is 1. The number of phenolic OH excluding ortho intramolecular Hbond substituents is 1. The van der Waals surface area contributed by atoms with Crippen LogP contribution in [0, 0.1) is 6.92 Å². The highest BCUT2D eigenvalue weighted by Gasteiger charge is 2.18. The lowest BCUT2D eigenvalue weighted by Gasteiger charge is -2.16. The Morgan fingerprint density at radius 1 is 1.53 bits per heavy atom. The second kappa shape index (κ2) is 4.73. The molecule has 0 bridgehead atoms. The molecule has 0 radical (unpaired) electrons. The normalized spacial score (nSPS) is 12.6. The van der Waals surface area contributed by atoms with Gasteiger partial charge in [-0.05, 0) is 13.0 Å². The molecule has 2 N–H and O–H groups in total. The first kappa shape index (κ1) is 12.1. The number of ether oxygens (including phenoxy) is 1. The van der Waals surface area contributed by atoms with E-state index in [0.717, 1.165) is 0 Å². The third kappa shape index (κ3) is 2.19. The van der Waals surface area contributed by atoms with Gasteiger partial charge in [0.25, 0.3) is 0 Å². The Labute approximate surface area is 94.3 Å². The molecule has 0 amide bonds. The maximum Gasteiger partial charge on any atom is 0.165 e. The van der Waals surface area contributed by atoms with Crippen LogP contribution in [0.5, 0.6) is 11.5 Å².